The van der Waals surface area contributed by atoms with E-state index in [1.807, 2.05) is 24.3 Å². The third-order valence-corrected chi connectivity index (χ3v) is 7.75. The van der Waals surface area contributed by atoms with E-state index < -0.39 is 7.82 Å². The van der Waals surface area contributed by atoms with E-state index in [9.17, 15) is 9.46 Å². The van der Waals surface area contributed by atoms with Gasteiger partial charge in [-0.05, 0) is 70.5 Å². The Morgan fingerprint density at radius 1 is 0.686 bits per heavy atom. The molecule has 182 valence electrons. The Bertz CT molecular complexity index is 1320. The average Bonchev–Trinajstić information content (AvgIpc) is 2.98. The standard InChI is InChI=1S/C30H33O4P/c1-3-5-7-15-23-19-21-13-9-11-17-25(21)27-28-26-18-12-10-14-22(26)20-24(16-8-6-4-2)30(28)34-35(31,32)33-29(23)27/h9-14,17-20H,3-8,15-16H2,1-2H3,(H,31,32). The van der Waals surface area contributed by atoms with E-state index in [0.717, 1.165) is 95.2 Å². The van der Waals surface area contributed by atoms with Crippen LogP contribution in [0.2, 0.25) is 0 Å². The molecule has 1 N–H and O–H groups in total. The summed E-state index contributed by atoms with van der Waals surface area (Å²) in [6, 6.07) is 20.7. The summed E-state index contributed by atoms with van der Waals surface area (Å²) >= 11 is 0. The van der Waals surface area contributed by atoms with E-state index in [0.29, 0.717) is 11.5 Å². The van der Waals surface area contributed by atoms with Crippen molar-refractivity contribution in [3.05, 3.63) is 71.8 Å². The average molecular weight is 489 g/mol. The first-order chi connectivity index (χ1) is 17.0. The van der Waals surface area contributed by atoms with Gasteiger partial charge < -0.3 is 9.05 Å². The van der Waals surface area contributed by atoms with E-state index in [2.05, 4.69) is 50.2 Å². The van der Waals surface area contributed by atoms with Crippen molar-refractivity contribution < 1.29 is 18.5 Å². The van der Waals surface area contributed by atoms with Crippen molar-refractivity contribution in [3.63, 3.8) is 0 Å². The molecule has 4 nitrogen and oxygen atoms in total. The second-order valence-corrected chi connectivity index (χ2v) is 10.8. The highest BCUT2D eigenvalue weighted by Crippen LogP contribution is 2.59. The molecule has 0 spiro atoms. The first-order valence-electron chi connectivity index (χ1n) is 12.8. The lowest BCUT2D eigenvalue weighted by atomic mass is 9.87. The van der Waals surface area contributed by atoms with Crippen LogP contribution in [-0.2, 0) is 17.4 Å². The molecule has 5 heteroatoms. The van der Waals surface area contributed by atoms with Crippen LogP contribution < -0.4 is 9.05 Å². The van der Waals surface area contributed by atoms with Gasteiger partial charge in [0.1, 0.15) is 11.5 Å². The Morgan fingerprint density at radius 2 is 1.11 bits per heavy atom. The first-order valence-corrected chi connectivity index (χ1v) is 14.3. The molecule has 0 aliphatic carbocycles. The summed E-state index contributed by atoms with van der Waals surface area (Å²) in [5, 5.41) is 4.21. The summed E-state index contributed by atoms with van der Waals surface area (Å²) in [5.74, 6) is 0.973. The van der Waals surface area contributed by atoms with E-state index in [-0.39, 0.29) is 0 Å². The predicted octanol–water partition coefficient (Wildman–Crippen LogP) is 9.00. The minimum Gasteiger partial charge on any atom is -0.394 e. The molecule has 0 unspecified atom stereocenters. The number of aryl methyl sites for hydroxylation is 2. The van der Waals surface area contributed by atoms with Crippen molar-refractivity contribution in [2.24, 2.45) is 0 Å². The van der Waals surface area contributed by atoms with Gasteiger partial charge in [-0.25, -0.2) is 4.57 Å². The number of phosphoric ester groups is 1. The molecule has 4 aromatic carbocycles. The summed E-state index contributed by atoms with van der Waals surface area (Å²) in [7, 11) is -4.38. The zero-order valence-electron chi connectivity index (χ0n) is 20.5. The second-order valence-electron chi connectivity index (χ2n) is 9.49. The second kappa shape index (κ2) is 10.0. The third kappa shape index (κ3) is 4.70. The Kier molecular flexibility index (Phi) is 6.86. The van der Waals surface area contributed by atoms with Crippen LogP contribution in [0.1, 0.15) is 63.5 Å². The normalized spacial score (nSPS) is 14.1. The van der Waals surface area contributed by atoms with Crippen LogP contribution in [0.5, 0.6) is 11.5 Å². The molecule has 0 aromatic heterocycles. The molecule has 0 amide bonds. The molecule has 4 aromatic rings. The molecular formula is C30H33O4P. The van der Waals surface area contributed by atoms with Crippen molar-refractivity contribution in [1.29, 1.82) is 0 Å². The van der Waals surface area contributed by atoms with Gasteiger partial charge in [0.05, 0.1) is 0 Å². The summed E-state index contributed by atoms with van der Waals surface area (Å²) in [4.78, 5) is 10.9. The van der Waals surface area contributed by atoms with Gasteiger partial charge in [0.25, 0.3) is 0 Å². The number of fused-ring (bicyclic) bond motifs is 7. The van der Waals surface area contributed by atoms with Crippen molar-refractivity contribution in [1.82, 2.24) is 0 Å². The van der Waals surface area contributed by atoms with Gasteiger partial charge in [0.15, 0.2) is 0 Å². The number of hydrogen-bond donors (Lipinski definition) is 1. The lowest BCUT2D eigenvalue weighted by molar-refractivity contribution is 0.292. The Balaban J connectivity index is 1.87. The molecule has 0 bridgehead atoms. The summed E-state index contributed by atoms with van der Waals surface area (Å²) in [5.41, 5.74) is 3.64. The SMILES string of the molecule is CCCCCc1cc2ccccc2c2c1OP(=O)(O)Oc1c(CCCCC)cc3ccccc3c1-2. The summed E-state index contributed by atoms with van der Waals surface area (Å²) < 4.78 is 25.2. The molecular weight excluding hydrogens is 455 g/mol. The molecule has 0 saturated heterocycles. The van der Waals surface area contributed by atoms with Crippen molar-refractivity contribution in [2.75, 3.05) is 0 Å². The molecule has 0 radical (unpaired) electrons. The molecule has 5 rings (SSSR count). The van der Waals surface area contributed by atoms with Crippen LogP contribution in [0, 0.1) is 0 Å². The van der Waals surface area contributed by atoms with Crippen LogP contribution >= 0.6 is 7.82 Å². The van der Waals surface area contributed by atoms with E-state index in [1.54, 1.807) is 0 Å². The Morgan fingerprint density at radius 3 is 1.54 bits per heavy atom. The highest BCUT2D eigenvalue weighted by molar-refractivity contribution is 7.48. The molecule has 1 aliphatic rings. The first kappa shape index (κ1) is 23.9. The van der Waals surface area contributed by atoms with Crippen LogP contribution in [0.15, 0.2) is 60.7 Å². The van der Waals surface area contributed by atoms with Gasteiger partial charge in [-0.1, -0.05) is 88.1 Å². The van der Waals surface area contributed by atoms with Gasteiger partial charge in [0.2, 0.25) is 0 Å². The summed E-state index contributed by atoms with van der Waals surface area (Å²) in [6.07, 6.45) is 7.94. The van der Waals surface area contributed by atoms with Crippen molar-refractivity contribution in [2.45, 2.75) is 65.2 Å². The van der Waals surface area contributed by atoms with Gasteiger partial charge in [-0.15, -0.1) is 0 Å². The van der Waals surface area contributed by atoms with E-state index >= 15 is 0 Å². The van der Waals surface area contributed by atoms with Gasteiger partial charge in [0, 0.05) is 11.1 Å². The van der Waals surface area contributed by atoms with Crippen LogP contribution in [0.4, 0.5) is 0 Å². The molecule has 0 saturated carbocycles. The minimum atomic E-state index is -4.38. The largest absolute Gasteiger partial charge is 0.584 e. The zero-order valence-corrected chi connectivity index (χ0v) is 21.4. The van der Waals surface area contributed by atoms with Crippen molar-refractivity contribution >= 4 is 29.4 Å². The fraction of sp³-hybridized carbons (Fsp3) is 0.333. The quantitative estimate of drug-likeness (QED) is 0.199. The highest BCUT2D eigenvalue weighted by atomic mass is 31.2. The van der Waals surface area contributed by atoms with Crippen LogP contribution in [0.3, 0.4) is 0 Å². The molecule has 0 fully saturated rings. The number of rotatable bonds is 8. The predicted molar refractivity (Wildman–Crippen MR) is 144 cm³/mol. The van der Waals surface area contributed by atoms with Crippen LogP contribution in [0.25, 0.3) is 32.7 Å². The fourth-order valence-electron chi connectivity index (χ4n) is 5.23. The maximum Gasteiger partial charge on any atom is 0.584 e. The smallest absolute Gasteiger partial charge is 0.394 e. The maximum absolute atomic E-state index is 13.3. The minimum absolute atomic E-state index is 0.486. The topological polar surface area (TPSA) is 55.8 Å². The summed E-state index contributed by atoms with van der Waals surface area (Å²) in [6.45, 7) is 4.35. The molecule has 1 heterocycles. The van der Waals surface area contributed by atoms with Gasteiger partial charge in [-0.3, -0.25) is 4.89 Å². The van der Waals surface area contributed by atoms with Crippen LogP contribution in [-0.4, -0.2) is 4.89 Å². The third-order valence-electron chi connectivity index (χ3n) is 6.92. The maximum atomic E-state index is 13.3. The molecule has 1 aliphatic heterocycles. The number of benzene rings is 4. The van der Waals surface area contributed by atoms with E-state index in [4.69, 9.17) is 9.05 Å². The molecule has 0 atom stereocenters. The highest BCUT2D eigenvalue weighted by Gasteiger charge is 2.36. The lowest BCUT2D eigenvalue weighted by Gasteiger charge is -2.18. The number of unbranched alkanes of at least 4 members (excludes halogenated alkanes) is 4. The molecule has 35 heavy (non-hydrogen) atoms. The Labute approximate surface area is 207 Å². The van der Waals surface area contributed by atoms with Gasteiger partial charge in [-0.2, -0.15) is 0 Å². The van der Waals surface area contributed by atoms with E-state index in [1.165, 1.54) is 0 Å². The monoisotopic (exact) mass is 488 g/mol. The van der Waals surface area contributed by atoms with Gasteiger partial charge >= 0.3 is 7.82 Å². The zero-order chi connectivity index (χ0) is 24.4. The number of hydrogen-bond acceptors (Lipinski definition) is 3. The fourth-order valence-corrected chi connectivity index (χ4v) is 6.15. The number of phosphoric acid groups is 1. The lowest BCUT2D eigenvalue weighted by Crippen LogP contribution is -2.02. The Hall–Kier alpha value is -2.81. The van der Waals surface area contributed by atoms with Crippen molar-refractivity contribution in [3.8, 4) is 22.6 Å².